The average Bonchev–Trinajstić information content (AvgIpc) is 2.28. The van der Waals surface area contributed by atoms with Crippen molar-refractivity contribution < 1.29 is 0 Å². The number of hydrogen-bond acceptors (Lipinski definition) is 3. The van der Waals surface area contributed by atoms with Gasteiger partial charge in [-0.2, -0.15) is 0 Å². The molecule has 0 radical (unpaired) electrons. The maximum Gasteiger partial charge on any atom is 0.185 e. The van der Waals surface area contributed by atoms with E-state index in [1.165, 1.54) is 0 Å². The molecule has 0 saturated carbocycles. The Morgan fingerprint density at radius 3 is 2.53 bits per heavy atom. The summed E-state index contributed by atoms with van der Waals surface area (Å²) >= 11 is 10.9. The number of halogens is 1. The highest BCUT2D eigenvalue weighted by molar-refractivity contribution is 7.80. The zero-order valence-electron chi connectivity index (χ0n) is 9.96. The number of rotatable bonds is 5. The van der Waals surface area contributed by atoms with E-state index in [9.17, 15) is 0 Å². The normalized spacial score (nSPS) is 10.1. The van der Waals surface area contributed by atoms with E-state index in [1.807, 2.05) is 38.4 Å². The topological polar surface area (TPSA) is 39.3 Å². The Labute approximate surface area is 112 Å². The smallest absolute Gasteiger partial charge is 0.185 e. The van der Waals surface area contributed by atoms with Crippen molar-refractivity contribution in [3.05, 3.63) is 29.3 Å². The van der Waals surface area contributed by atoms with Crippen molar-refractivity contribution in [2.45, 2.75) is 0 Å². The second-order valence-electron chi connectivity index (χ2n) is 3.82. The molecule has 4 nitrogen and oxygen atoms in total. The first-order chi connectivity index (χ1) is 8.08. The van der Waals surface area contributed by atoms with E-state index in [1.54, 1.807) is 0 Å². The molecular formula is C11H17ClN4S. The molecule has 0 heterocycles. The number of anilines is 1. The molecule has 0 unspecified atom stereocenters. The standard InChI is InChI=1S/C11H17ClN4S/c1-16(2)8-7-13-11(17)15-14-10-5-3-9(12)4-6-10/h3-6,14H,7-8H2,1-2H3,(H2,13,15,17). The Bertz CT molecular complexity index is 353. The highest BCUT2D eigenvalue weighted by atomic mass is 35.5. The summed E-state index contributed by atoms with van der Waals surface area (Å²) in [5, 5.41) is 4.37. The zero-order valence-corrected chi connectivity index (χ0v) is 11.5. The van der Waals surface area contributed by atoms with Crippen LogP contribution in [0.1, 0.15) is 0 Å². The number of benzene rings is 1. The first-order valence-corrected chi connectivity index (χ1v) is 6.06. The van der Waals surface area contributed by atoms with Gasteiger partial charge in [0.05, 0.1) is 5.69 Å². The van der Waals surface area contributed by atoms with Gasteiger partial charge in [0, 0.05) is 18.1 Å². The lowest BCUT2D eigenvalue weighted by atomic mass is 10.3. The molecule has 0 spiro atoms. The predicted molar refractivity (Wildman–Crippen MR) is 77.4 cm³/mol. The van der Waals surface area contributed by atoms with Crippen LogP contribution >= 0.6 is 23.8 Å². The van der Waals surface area contributed by atoms with E-state index >= 15 is 0 Å². The molecule has 0 aliphatic carbocycles. The average molecular weight is 273 g/mol. The first-order valence-electron chi connectivity index (χ1n) is 5.28. The molecule has 0 atom stereocenters. The molecule has 1 aromatic rings. The molecule has 1 aromatic carbocycles. The van der Waals surface area contributed by atoms with Gasteiger partial charge < -0.3 is 10.2 Å². The van der Waals surface area contributed by atoms with Crippen LogP contribution < -0.4 is 16.2 Å². The Hall–Kier alpha value is -1.04. The molecule has 17 heavy (non-hydrogen) atoms. The van der Waals surface area contributed by atoms with Crippen LogP contribution in [0.15, 0.2) is 24.3 Å². The molecule has 0 amide bonds. The third kappa shape index (κ3) is 6.31. The molecule has 0 aliphatic rings. The predicted octanol–water partition coefficient (Wildman–Crippen LogP) is 1.69. The summed E-state index contributed by atoms with van der Waals surface area (Å²) < 4.78 is 0. The van der Waals surface area contributed by atoms with Crippen molar-refractivity contribution in [2.24, 2.45) is 0 Å². The van der Waals surface area contributed by atoms with Crippen LogP contribution in [-0.4, -0.2) is 37.2 Å². The quantitative estimate of drug-likeness (QED) is 0.562. The SMILES string of the molecule is CN(C)CCNC(=S)NNc1ccc(Cl)cc1. The van der Waals surface area contributed by atoms with Crippen LogP contribution in [0.2, 0.25) is 5.02 Å². The van der Waals surface area contributed by atoms with E-state index in [0.29, 0.717) is 10.1 Å². The van der Waals surface area contributed by atoms with Gasteiger partial charge in [0.25, 0.3) is 0 Å². The third-order valence-electron chi connectivity index (χ3n) is 2.01. The Kier molecular flexibility index (Phi) is 6.04. The van der Waals surface area contributed by atoms with Gasteiger partial charge in [0.2, 0.25) is 0 Å². The Morgan fingerprint density at radius 2 is 1.94 bits per heavy atom. The molecule has 94 valence electrons. The second kappa shape index (κ2) is 7.32. The molecule has 1 rings (SSSR count). The van der Waals surface area contributed by atoms with Crippen LogP contribution in [0.25, 0.3) is 0 Å². The molecule has 3 N–H and O–H groups in total. The molecule has 0 saturated heterocycles. The summed E-state index contributed by atoms with van der Waals surface area (Å²) in [6.45, 7) is 1.74. The fraction of sp³-hybridized carbons (Fsp3) is 0.364. The van der Waals surface area contributed by atoms with Crippen LogP contribution in [0, 0.1) is 0 Å². The monoisotopic (exact) mass is 272 g/mol. The largest absolute Gasteiger partial charge is 0.360 e. The van der Waals surface area contributed by atoms with Crippen molar-refractivity contribution in [2.75, 3.05) is 32.6 Å². The van der Waals surface area contributed by atoms with Crippen LogP contribution in [0.4, 0.5) is 5.69 Å². The molecule has 0 fully saturated rings. The highest BCUT2D eigenvalue weighted by Crippen LogP contribution is 2.12. The molecule has 0 bridgehead atoms. The van der Waals surface area contributed by atoms with Gasteiger partial charge >= 0.3 is 0 Å². The van der Waals surface area contributed by atoms with Crippen LogP contribution in [0.3, 0.4) is 0 Å². The fourth-order valence-electron chi connectivity index (χ4n) is 1.10. The first kappa shape index (κ1) is 14.0. The number of nitrogens with zero attached hydrogens (tertiary/aromatic N) is 1. The summed E-state index contributed by atoms with van der Waals surface area (Å²) in [5.74, 6) is 0. The number of hydrazine groups is 1. The second-order valence-corrected chi connectivity index (χ2v) is 4.66. The van der Waals surface area contributed by atoms with Crippen LogP contribution in [-0.2, 0) is 0 Å². The lowest BCUT2D eigenvalue weighted by molar-refractivity contribution is 0.412. The highest BCUT2D eigenvalue weighted by Gasteiger charge is 1.96. The molecule has 0 aromatic heterocycles. The Balaban J connectivity index is 2.21. The van der Waals surface area contributed by atoms with Gasteiger partial charge in [-0.1, -0.05) is 11.6 Å². The summed E-state index contributed by atoms with van der Waals surface area (Å²) in [6, 6.07) is 7.37. The van der Waals surface area contributed by atoms with Gasteiger partial charge in [-0.05, 0) is 50.6 Å². The lowest BCUT2D eigenvalue weighted by Crippen LogP contribution is -2.41. The summed E-state index contributed by atoms with van der Waals surface area (Å²) in [5.41, 5.74) is 6.79. The third-order valence-corrected chi connectivity index (χ3v) is 2.51. The minimum atomic E-state index is 0.571. The maximum absolute atomic E-state index is 5.78. The van der Waals surface area contributed by atoms with Gasteiger partial charge in [-0.15, -0.1) is 0 Å². The summed E-state index contributed by atoms with van der Waals surface area (Å²) in [6.07, 6.45) is 0. The minimum Gasteiger partial charge on any atom is -0.360 e. The van der Waals surface area contributed by atoms with E-state index in [0.717, 1.165) is 18.8 Å². The molecule has 6 heteroatoms. The lowest BCUT2D eigenvalue weighted by Gasteiger charge is -2.14. The number of likely N-dealkylation sites (N-methyl/N-ethyl adjacent to an activating group) is 1. The van der Waals surface area contributed by atoms with Crippen LogP contribution in [0.5, 0.6) is 0 Å². The van der Waals surface area contributed by atoms with Crippen molar-refractivity contribution in [1.29, 1.82) is 0 Å². The fourth-order valence-corrected chi connectivity index (χ4v) is 1.38. The zero-order chi connectivity index (χ0) is 12.7. The minimum absolute atomic E-state index is 0.571. The number of nitrogens with one attached hydrogen (secondary N) is 3. The van der Waals surface area contributed by atoms with Crippen molar-refractivity contribution in [1.82, 2.24) is 15.6 Å². The van der Waals surface area contributed by atoms with E-state index in [2.05, 4.69) is 21.1 Å². The van der Waals surface area contributed by atoms with E-state index in [4.69, 9.17) is 23.8 Å². The van der Waals surface area contributed by atoms with Gasteiger partial charge in [-0.25, -0.2) is 0 Å². The van der Waals surface area contributed by atoms with Gasteiger partial charge in [0.1, 0.15) is 0 Å². The molecular weight excluding hydrogens is 256 g/mol. The van der Waals surface area contributed by atoms with Gasteiger partial charge in [0.15, 0.2) is 5.11 Å². The van der Waals surface area contributed by atoms with E-state index in [-0.39, 0.29) is 0 Å². The van der Waals surface area contributed by atoms with Crippen molar-refractivity contribution in [3.63, 3.8) is 0 Å². The molecule has 0 aliphatic heterocycles. The van der Waals surface area contributed by atoms with Crippen molar-refractivity contribution in [3.8, 4) is 0 Å². The van der Waals surface area contributed by atoms with Gasteiger partial charge in [-0.3, -0.25) is 10.9 Å². The number of hydrogen-bond donors (Lipinski definition) is 3. The number of thiocarbonyl (C=S) groups is 1. The van der Waals surface area contributed by atoms with E-state index < -0.39 is 0 Å². The Morgan fingerprint density at radius 1 is 1.29 bits per heavy atom. The summed E-state index contributed by atoms with van der Waals surface area (Å²) in [4.78, 5) is 2.09. The van der Waals surface area contributed by atoms with Crippen molar-refractivity contribution >= 4 is 34.6 Å². The summed E-state index contributed by atoms with van der Waals surface area (Å²) in [7, 11) is 4.04. The maximum atomic E-state index is 5.78.